The molecule has 0 aliphatic heterocycles. The summed E-state index contributed by atoms with van der Waals surface area (Å²) in [5.74, 6) is -5.20. The predicted molar refractivity (Wildman–Crippen MR) is 64.3 cm³/mol. The summed E-state index contributed by atoms with van der Waals surface area (Å²) < 4.78 is 13.3. The van der Waals surface area contributed by atoms with Gasteiger partial charge in [0.1, 0.15) is 18.3 Å². The zero-order valence-corrected chi connectivity index (χ0v) is 10.4. The summed E-state index contributed by atoms with van der Waals surface area (Å²) in [7, 11) is 0. The molecule has 21 heavy (non-hydrogen) atoms. The molecule has 0 amide bonds. The Morgan fingerprint density at radius 3 is 2.48 bits per heavy atom. The van der Waals surface area contributed by atoms with E-state index in [0.29, 0.717) is 0 Å². The number of hydrogen-bond donors (Lipinski definition) is 2. The lowest BCUT2D eigenvalue weighted by atomic mass is 10.1. The summed E-state index contributed by atoms with van der Waals surface area (Å²) in [4.78, 5) is 32.5. The average molecular weight is 293 g/mol. The van der Waals surface area contributed by atoms with E-state index in [1.54, 1.807) is 6.07 Å². The SMILES string of the molecule is N#Cc1ccc(N=NC(C(=O)O)C(=O)CC(=O)O)cc1F. The highest BCUT2D eigenvalue weighted by molar-refractivity contribution is 6.08. The van der Waals surface area contributed by atoms with Crippen molar-refractivity contribution in [2.45, 2.75) is 12.5 Å². The summed E-state index contributed by atoms with van der Waals surface area (Å²) in [6.07, 6.45) is -1.02. The molecule has 8 nitrogen and oxygen atoms in total. The van der Waals surface area contributed by atoms with E-state index in [1.807, 2.05) is 0 Å². The average Bonchev–Trinajstić information content (AvgIpc) is 2.37. The molecule has 0 fully saturated rings. The summed E-state index contributed by atoms with van der Waals surface area (Å²) >= 11 is 0. The van der Waals surface area contributed by atoms with Crippen LogP contribution in [0.5, 0.6) is 0 Å². The number of rotatable bonds is 6. The third-order valence-electron chi connectivity index (χ3n) is 2.23. The van der Waals surface area contributed by atoms with Crippen molar-refractivity contribution in [3.8, 4) is 6.07 Å². The molecule has 0 aliphatic rings. The molecule has 1 unspecified atom stereocenters. The largest absolute Gasteiger partial charge is 0.481 e. The van der Waals surface area contributed by atoms with Gasteiger partial charge in [0.25, 0.3) is 0 Å². The van der Waals surface area contributed by atoms with Crippen LogP contribution in [0.15, 0.2) is 28.4 Å². The van der Waals surface area contributed by atoms with E-state index < -0.39 is 36.0 Å². The van der Waals surface area contributed by atoms with Crippen molar-refractivity contribution in [3.05, 3.63) is 29.6 Å². The Morgan fingerprint density at radius 1 is 1.33 bits per heavy atom. The maximum absolute atomic E-state index is 13.3. The summed E-state index contributed by atoms with van der Waals surface area (Å²) in [6, 6.07) is 2.74. The molecule has 1 atom stereocenters. The number of carboxylic acid groups (broad SMARTS) is 2. The molecule has 0 saturated carbocycles. The smallest absolute Gasteiger partial charge is 0.338 e. The molecule has 0 bridgehead atoms. The predicted octanol–water partition coefficient (Wildman–Crippen LogP) is 1.28. The fraction of sp³-hybridized carbons (Fsp3) is 0.167. The van der Waals surface area contributed by atoms with Gasteiger partial charge in [-0.2, -0.15) is 15.5 Å². The molecule has 0 radical (unpaired) electrons. The second-order valence-corrected chi connectivity index (χ2v) is 3.77. The van der Waals surface area contributed by atoms with Crippen LogP contribution >= 0.6 is 0 Å². The van der Waals surface area contributed by atoms with Gasteiger partial charge >= 0.3 is 11.9 Å². The van der Waals surface area contributed by atoms with Gasteiger partial charge < -0.3 is 10.2 Å². The number of carbonyl (C=O) groups is 3. The van der Waals surface area contributed by atoms with Crippen LogP contribution in [0.25, 0.3) is 0 Å². The molecular weight excluding hydrogens is 285 g/mol. The van der Waals surface area contributed by atoms with Crippen LogP contribution in [0.1, 0.15) is 12.0 Å². The zero-order chi connectivity index (χ0) is 16.0. The summed E-state index contributed by atoms with van der Waals surface area (Å²) in [5, 5.41) is 32.3. The fourth-order valence-corrected chi connectivity index (χ4v) is 1.28. The standard InChI is InChI=1S/C12H8FN3O5/c13-8-3-7(2-1-6(8)5-14)15-16-11(12(20)21)9(17)4-10(18)19/h1-3,11H,4H2,(H,18,19)(H,20,21). The van der Waals surface area contributed by atoms with Crippen LogP contribution in [0, 0.1) is 17.1 Å². The van der Waals surface area contributed by atoms with Crippen LogP contribution < -0.4 is 0 Å². The van der Waals surface area contributed by atoms with Crippen LogP contribution in [0.3, 0.4) is 0 Å². The molecular formula is C12H8FN3O5. The lowest BCUT2D eigenvalue weighted by Gasteiger charge is -2.03. The third-order valence-corrected chi connectivity index (χ3v) is 2.23. The number of halogens is 1. The number of ketones is 1. The van der Waals surface area contributed by atoms with Gasteiger partial charge in [-0.1, -0.05) is 0 Å². The van der Waals surface area contributed by atoms with Crippen molar-refractivity contribution in [1.82, 2.24) is 0 Å². The normalized spacial score (nSPS) is 11.8. The van der Waals surface area contributed by atoms with Crippen molar-refractivity contribution in [3.63, 3.8) is 0 Å². The Balaban J connectivity index is 2.96. The minimum absolute atomic E-state index is 0.110. The van der Waals surface area contributed by atoms with Crippen LogP contribution in [-0.4, -0.2) is 34.0 Å². The molecule has 1 aromatic carbocycles. The zero-order valence-electron chi connectivity index (χ0n) is 10.4. The van der Waals surface area contributed by atoms with Crippen LogP contribution in [-0.2, 0) is 14.4 Å². The van der Waals surface area contributed by atoms with E-state index in [0.717, 1.165) is 12.1 Å². The highest BCUT2D eigenvalue weighted by Gasteiger charge is 2.27. The number of benzene rings is 1. The fourth-order valence-electron chi connectivity index (χ4n) is 1.28. The van der Waals surface area contributed by atoms with Crippen LogP contribution in [0.2, 0.25) is 0 Å². The Morgan fingerprint density at radius 2 is 2.00 bits per heavy atom. The molecule has 0 aliphatic carbocycles. The van der Waals surface area contributed by atoms with Gasteiger partial charge in [0, 0.05) is 6.07 Å². The van der Waals surface area contributed by atoms with E-state index in [4.69, 9.17) is 15.5 Å². The highest BCUT2D eigenvalue weighted by atomic mass is 19.1. The molecule has 1 rings (SSSR count). The number of azo groups is 1. The van der Waals surface area contributed by atoms with Crippen molar-refractivity contribution >= 4 is 23.4 Å². The summed E-state index contributed by atoms with van der Waals surface area (Å²) in [6.45, 7) is 0. The molecule has 2 N–H and O–H groups in total. The van der Waals surface area contributed by atoms with E-state index >= 15 is 0 Å². The van der Waals surface area contributed by atoms with Gasteiger partial charge in [-0.05, 0) is 12.1 Å². The molecule has 9 heteroatoms. The van der Waals surface area contributed by atoms with Gasteiger partial charge in [0.2, 0.25) is 6.04 Å². The van der Waals surface area contributed by atoms with Crippen molar-refractivity contribution in [2.75, 3.05) is 0 Å². The maximum atomic E-state index is 13.3. The van der Waals surface area contributed by atoms with Crippen molar-refractivity contribution in [2.24, 2.45) is 10.2 Å². The Kier molecular flexibility index (Phi) is 5.19. The number of nitriles is 1. The van der Waals surface area contributed by atoms with Crippen molar-refractivity contribution < 1.29 is 29.0 Å². The minimum atomic E-state index is -1.99. The first kappa shape index (κ1) is 15.9. The second kappa shape index (κ2) is 6.85. The van der Waals surface area contributed by atoms with Gasteiger partial charge in [-0.15, -0.1) is 0 Å². The van der Waals surface area contributed by atoms with Crippen molar-refractivity contribution in [1.29, 1.82) is 5.26 Å². The Hall–Kier alpha value is -3.15. The molecule has 108 valence electrons. The molecule has 0 saturated heterocycles. The van der Waals surface area contributed by atoms with E-state index in [-0.39, 0.29) is 11.3 Å². The number of aliphatic carboxylic acids is 2. The first-order chi connectivity index (χ1) is 9.85. The number of Topliss-reactive ketones (excluding diaryl/α,β-unsaturated/α-hetero) is 1. The van der Waals surface area contributed by atoms with E-state index in [1.165, 1.54) is 6.07 Å². The minimum Gasteiger partial charge on any atom is -0.481 e. The second-order valence-electron chi connectivity index (χ2n) is 3.77. The number of hydrogen-bond acceptors (Lipinski definition) is 6. The van der Waals surface area contributed by atoms with Gasteiger partial charge in [-0.3, -0.25) is 9.59 Å². The number of carbonyl (C=O) groups excluding carboxylic acids is 1. The number of nitrogens with zero attached hydrogens (tertiary/aromatic N) is 3. The maximum Gasteiger partial charge on any atom is 0.338 e. The first-order valence-electron chi connectivity index (χ1n) is 5.43. The molecule has 1 aromatic rings. The molecule has 0 heterocycles. The topological polar surface area (TPSA) is 140 Å². The monoisotopic (exact) mass is 293 g/mol. The van der Waals surface area contributed by atoms with E-state index in [9.17, 15) is 18.8 Å². The van der Waals surface area contributed by atoms with E-state index in [2.05, 4.69) is 10.2 Å². The molecule has 0 spiro atoms. The van der Waals surface area contributed by atoms with Gasteiger partial charge in [-0.25, -0.2) is 9.18 Å². The number of carboxylic acids is 2. The Bertz CT molecular complexity index is 665. The van der Waals surface area contributed by atoms with Crippen LogP contribution in [0.4, 0.5) is 10.1 Å². The molecule has 0 aromatic heterocycles. The third kappa shape index (κ3) is 4.46. The lowest BCUT2D eigenvalue weighted by Crippen LogP contribution is -2.29. The van der Waals surface area contributed by atoms with Gasteiger partial charge in [0.15, 0.2) is 5.78 Å². The highest BCUT2D eigenvalue weighted by Crippen LogP contribution is 2.17. The Labute approximate surface area is 117 Å². The lowest BCUT2D eigenvalue weighted by molar-refractivity contribution is -0.144. The summed E-state index contributed by atoms with van der Waals surface area (Å²) in [5.41, 5.74) is -0.341. The first-order valence-corrected chi connectivity index (χ1v) is 5.43. The van der Waals surface area contributed by atoms with Gasteiger partial charge in [0.05, 0.1) is 11.3 Å². The quantitative estimate of drug-likeness (QED) is 0.597.